The molecule has 0 spiro atoms. The molecule has 13 nitrogen and oxygen atoms in total. The van der Waals surface area contributed by atoms with Crippen LogP contribution >= 0.6 is 0 Å². The summed E-state index contributed by atoms with van der Waals surface area (Å²) in [6.07, 6.45) is 3.44. The SMILES string of the molecule is COc1ccc(/C=C\c2cc(C)c(OC)c(OC)c2)cc1OC(=O)N1CCN(Cc2ccc(-n3c(O)nnc3-c3cc(C(C)C)c(O)cc3O)cc2)CC1. The fourth-order valence-electron chi connectivity index (χ4n) is 6.53. The number of phenolic OH excluding ortho intramolecular Hbond substituents is 2. The van der Waals surface area contributed by atoms with E-state index in [1.165, 1.54) is 17.7 Å². The molecule has 2 heterocycles. The number of rotatable bonds is 11. The first-order valence-electron chi connectivity index (χ1n) is 17.6. The molecule has 13 heteroatoms. The first-order valence-corrected chi connectivity index (χ1v) is 17.6. The van der Waals surface area contributed by atoms with Gasteiger partial charge in [0.15, 0.2) is 28.8 Å². The maximum Gasteiger partial charge on any atom is 0.415 e. The maximum absolute atomic E-state index is 13.3. The lowest BCUT2D eigenvalue weighted by atomic mass is 9.98. The van der Waals surface area contributed by atoms with Crippen molar-refractivity contribution in [3.63, 3.8) is 0 Å². The van der Waals surface area contributed by atoms with Crippen molar-refractivity contribution >= 4 is 18.2 Å². The molecule has 1 fully saturated rings. The number of benzene rings is 4. The van der Waals surface area contributed by atoms with E-state index < -0.39 is 6.09 Å². The fraction of sp³-hybridized carbons (Fsp3) is 0.293. The van der Waals surface area contributed by atoms with Gasteiger partial charge in [0.25, 0.3) is 0 Å². The van der Waals surface area contributed by atoms with Crippen LogP contribution in [0.1, 0.15) is 47.6 Å². The minimum absolute atomic E-state index is 0.00300. The highest BCUT2D eigenvalue weighted by Crippen LogP contribution is 2.39. The molecule has 0 aliphatic carbocycles. The number of nitrogens with zero attached hydrogens (tertiary/aromatic N) is 5. The molecular formula is C41H45N5O8. The Bertz CT molecular complexity index is 2150. The number of hydrogen-bond donors (Lipinski definition) is 3. The Hall–Kier alpha value is -6.21. The van der Waals surface area contributed by atoms with Crippen molar-refractivity contribution in [2.75, 3.05) is 47.5 Å². The Morgan fingerprint density at radius 1 is 0.778 bits per heavy atom. The van der Waals surface area contributed by atoms with Crippen LogP contribution in [0, 0.1) is 6.92 Å². The van der Waals surface area contributed by atoms with Crippen molar-refractivity contribution in [1.29, 1.82) is 0 Å². The lowest BCUT2D eigenvalue weighted by Gasteiger charge is -2.34. The van der Waals surface area contributed by atoms with E-state index in [1.54, 1.807) is 37.3 Å². The molecule has 1 amide bonds. The van der Waals surface area contributed by atoms with Crippen LogP contribution in [-0.2, 0) is 6.54 Å². The van der Waals surface area contributed by atoms with E-state index in [1.807, 2.05) is 75.4 Å². The van der Waals surface area contributed by atoms with Crippen molar-refractivity contribution in [3.8, 4) is 57.6 Å². The molecule has 6 rings (SSSR count). The summed E-state index contributed by atoms with van der Waals surface area (Å²) in [6.45, 7) is 8.76. The summed E-state index contributed by atoms with van der Waals surface area (Å²) < 4.78 is 23.7. The Morgan fingerprint density at radius 3 is 2.13 bits per heavy atom. The number of aromatic nitrogens is 3. The number of piperazine rings is 1. The number of methoxy groups -OCH3 is 3. The Morgan fingerprint density at radius 2 is 1.46 bits per heavy atom. The topological polar surface area (TPSA) is 152 Å². The smallest absolute Gasteiger partial charge is 0.415 e. The van der Waals surface area contributed by atoms with E-state index in [0.29, 0.717) is 72.5 Å². The third-order valence-corrected chi connectivity index (χ3v) is 9.43. The Balaban J connectivity index is 1.07. The molecule has 1 aliphatic heterocycles. The quantitative estimate of drug-likeness (QED) is 0.120. The second-order valence-electron chi connectivity index (χ2n) is 13.4. The molecular weight excluding hydrogens is 690 g/mol. The summed E-state index contributed by atoms with van der Waals surface area (Å²) in [5, 5.41) is 39.5. The van der Waals surface area contributed by atoms with Gasteiger partial charge >= 0.3 is 12.1 Å². The van der Waals surface area contributed by atoms with E-state index in [9.17, 15) is 20.1 Å². The van der Waals surface area contributed by atoms with E-state index in [0.717, 1.165) is 22.3 Å². The van der Waals surface area contributed by atoms with Crippen LogP contribution in [0.25, 0.3) is 29.2 Å². The van der Waals surface area contributed by atoms with Gasteiger partial charge in [0, 0.05) is 38.8 Å². The highest BCUT2D eigenvalue weighted by atomic mass is 16.6. The lowest BCUT2D eigenvalue weighted by Crippen LogP contribution is -2.49. The Labute approximate surface area is 314 Å². The Kier molecular flexibility index (Phi) is 11.3. The molecule has 5 aromatic rings. The van der Waals surface area contributed by atoms with Crippen molar-refractivity contribution in [3.05, 3.63) is 94.5 Å². The summed E-state index contributed by atoms with van der Waals surface area (Å²) >= 11 is 0. The van der Waals surface area contributed by atoms with Crippen LogP contribution in [0.3, 0.4) is 0 Å². The van der Waals surface area contributed by atoms with Crippen LogP contribution in [0.2, 0.25) is 0 Å². The molecule has 282 valence electrons. The third kappa shape index (κ3) is 8.06. The zero-order chi connectivity index (χ0) is 38.5. The van der Waals surface area contributed by atoms with Crippen molar-refractivity contribution in [1.82, 2.24) is 24.6 Å². The molecule has 0 bridgehead atoms. The summed E-state index contributed by atoms with van der Waals surface area (Å²) in [4.78, 5) is 17.2. The number of carbonyl (C=O) groups excluding carboxylic acids is 1. The molecule has 54 heavy (non-hydrogen) atoms. The van der Waals surface area contributed by atoms with Gasteiger partial charge in [-0.1, -0.05) is 49.3 Å². The zero-order valence-electron chi connectivity index (χ0n) is 31.2. The molecule has 0 atom stereocenters. The molecule has 1 saturated heterocycles. The molecule has 0 saturated carbocycles. The van der Waals surface area contributed by atoms with Crippen LogP contribution < -0.4 is 18.9 Å². The minimum Gasteiger partial charge on any atom is -0.508 e. The third-order valence-electron chi connectivity index (χ3n) is 9.43. The normalized spacial score (nSPS) is 13.4. The van der Waals surface area contributed by atoms with Crippen molar-refractivity contribution in [2.24, 2.45) is 0 Å². The summed E-state index contributed by atoms with van der Waals surface area (Å²) in [5.74, 6) is 2.18. The summed E-state index contributed by atoms with van der Waals surface area (Å²) in [7, 11) is 4.76. The summed E-state index contributed by atoms with van der Waals surface area (Å²) in [5.41, 5.74) is 5.34. The van der Waals surface area contributed by atoms with Crippen LogP contribution in [0.5, 0.6) is 40.5 Å². The predicted molar refractivity (Wildman–Crippen MR) is 205 cm³/mol. The van der Waals surface area contributed by atoms with Crippen LogP contribution in [0.4, 0.5) is 4.79 Å². The van der Waals surface area contributed by atoms with E-state index in [2.05, 4.69) is 15.1 Å². The van der Waals surface area contributed by atoms with Crippen molar-refractivity contribution < 1.29 is 39.1 Å². The largest absolute Gasteiger partial charge is 0.508 e. The first-order chi connectivity index (χ1) is 26.0. The minimum atomic E-state index is -0.446. The number of phenols is 2. The maximum atomic E-state index is 13.3. The number of hydrogen-bond acceptors (Lipinski definition) is 11. The average molecular weight is 736 g/mol. The second kappa shape index (κ2) is 16.2. The molecule has 0 unspecified atom stereocenters. The van der Waals surface area contributed by atoms with E-state index in [-0.39, 0.29) is 29.3 Å². The van der Waals surface area contributed by atoms with Gasteiger partial charge in [-0.2, -0.15) is 0 Å². The molecule has 4 aromatic carbocycles. The van der Waals surface area contributed by atoms with Gasteiger partial charge in [-0.15, -0.1) is 5.10 Å². The number of carbonyl (C=O) groups is 1. The number of aromatic hydroxyl groups is 3. The van der Waals surface area contributed by atoms with Gasteiger partial charge in [-0.25, -0.2) is 9.36 Å². The molecule has 1 aliphatic rings. The van der Waals surface area contributed by atoms with Gasteiger partial charge in [0.1, 0.15) is 11.5 Å². The van der Waals surface area contributed by atoms with Crippen LogP contribution in [0.15, 0.2) is 66.7 Å². The average Bonchev–Trinajstić information content (AvgIpc) is 3.54. The lowest BCUT2D eigenvalue weighted by molar-refractivity contribution is 0.107. The van der Waals surface area contributed by atoms with E-state index in [4.69, 9.17) is 18.9 Å². The van der Waals surface area contributed by atoms with Crippen LogP contribution in [-0.4, -0.2) is 93.5 Å². The van der Waals surface area contributed by atoms with Gasteiger partial charge in [0.05, 0.1) is 32.6 Å². The fourth-order valence-corrected chi connectivity index (χ4v) is 6.53. The van der Waals surface area contributed by atoms with Crippen molar-refractivity contribution in [2.45, 2.75) is 33.2 Å². The molecule has 0 radical (unpaired) electrons. The molecule has 1 aromatic heterocycles. The van der Waals surface area contributed by atoms with Gasteiger partial charge in [-0.3, -0.25) is 4.90 Å². The summed E-state index contributed by atoms with van der Waals surface area (Å²) in [6, 6.07) is 19.6. The standard InChI is InChI=1S/C41H45N5O8/c1-25(2)31-22-32(34(48)23-33(31)47)39-42-43-40(49)46(39)30-12-9-28(10-13-30)24-44-15-17-45(18-16-44)41(50)54-36-20-27(11-14-35(36)51-4)7-8-29-19-26(3)38(53-6)37(21-29)52-5/h7-14,19-23,25,47-48H,15-18,24H2,1-6H3,(H,43,49)/b8-7-. The van der Waals surface area contributed by atoms with E-state index >= 15 is 0 Å². The monoisotopic (exact) mass is 735 g/mol. The zero-order valence-corrected chi connectivity index (χ0v) is 31.2. The van der Waals surface area contributed by atoms with Gasteiger partial charge in [0.2, 0.25) is 0 Å². The first kappa shape index (κ1) is 37.5. The second-order valence-corrected chi connectivity index (χ2v) is 13.4. The predicted octanol–water partition coefficient (Wildman–Crippen LogP) is 7.00. The highest BCUT2D eigenvalue weighted by Gasteiger charge is 2.25. The van der Waals surface area contributed by atoms with Gasteiger partial charge in [-0.05, 0) is 83.1 Å². The molecule has 3 N–H and O–H groups in total. The highest BCUT2D eigenvalue weighted by molar-refractivity contribution is 5.75. The number of aryl methyl sites for hydroxylation is 1. The van der Waals surface area contributed by atoms with Gasteiger partial charge < -0.3 is 39.2 Å². The number of amides is 1. The number of ether oxygens (including phenoxy) is 4.